The number of carbonyl (C=O) groups excluding carboxylic acids is 3. The molecule has 0 bridgehead atoms. The molecule has 1 fully saturated rings. The molecule has 0 spiro atoms. The van der Waals surface area contributed by atoms with Crippen LogP contribution in [-0.4, -0.2) is 24.6 Å². The molecular formula is C11H14O4. The molecule has 0 aromatic heterocycles. The van der Waals surface area contributed by atoms with Gasteiger partial charge < -0.3 is 4.74 Å². The predicted octanol–water partition coefficient (Wildman–Crippen LogP) is 1.04. The van der Waals surface area contributed by atoms with Crippen molar-refractivity contribution in [2.24, 2.45) is 5.92 Å². The summed E-state index contributed by atoms with van der Waals surface area (Å²) in [4.78, 5) is 33.5. The molecule has 4 heteroatoms. The molecule has 4 nitrogen and oxygen atoms in total. The molecule has 15 heavy (non-hydrogen) atoms. The average Bonchev–Trinajstić information content (AvgIpc) is 2.22. The molecule has 0 heterocycles. The second-order valence-electron chi connectivity index (χ2n) is 3.50. The summed E-state index contributed by atoms with van der Waals surface area (Å²) in [5.41, 5.74) is 0. The fourth-order valence-electron chi connectivity index (χ4n) is 1.60. The Morgan fingerprint density at radius 2 is 2.00 bits per heavy atom. The van der Waals surface area contributed by atoms with Crippen LogP contribution >= 0.6 is 0 Å². The van der Waals surface area contributed by atoms with Crippen molar-refractivity contribution in [2.45, 2.75) is 25.7 Å². The zero-order chi connectivity index (χ0) is 11.3. The van der Waals surface area contributed by atoms with E-state index in [9.17, 15) is 14.4 Å². The van der Waals surface area contributed by atoms with Gasteiger partial charge in [-0.05, 0) is 12.8 Å². The van der Waals surface area contributed by atoms with Gasteiger partial charge in [-0.3, -0.25) is 9.59 Å². The van der Waals surface area contributed by atoms with Crippen LogP contribution in [0.1, 0.15) is 25.7 Å². The molecule has 0 atom stereocenters. The maximum absolute atomic E-state index is 11.4. The highest BCUT2D eigenvalue weighted by atomic mass is 16.5. The second kappa shape index (κ2) is 5.44. The molecule has 1 saturated carbocycles. The summed E-state index contributed by atoms with van der Waals surface area (Å²) >= 11 is 0. The van der Waals surface area contributed by atoms with Crippen molar-refractivity contribution in [2.75, 3.05) is 7.11 Å². The fraction of sp³-hybridized carbons (Fsp3) is 0.545. The molecule has 0 N–H and O–H groups in total. The van der Waals surface area contributed by atoms with E-state index in [4.69, 9.17) is 0 Å². The van der Waals surface area contributed by atoms with E-state index in [1.165, 1.54) is 19.3 Å². The standard InChI is InChI=1S/C11H14O4/c1-15-11(14)7-2-4-8-9(12)5-3-6-10(8)13/h2,7-8H,3-6H2,1H3/b7-2+. The molecule has 1 aliphatic rings. The minimum absolute atomic E-state index is 0.0132. The van der Waals surface area contributed by atoms with Gasteiger partial charge in [-0.2, -0.15) is 0 Å². The Balaban J connectivity index is 2.49. The molecular weight excluding hydrogens is 196 g/mol. The first-order valence-electron chi connectivity index (χ1n) is 4.95. The van der Waals surface area contributed by atoms with Crippen LogP contribution in [0.4, 0.5) is 0 Å². The van der Waals surface area contributed by atoms with E-state index < -0.39 is 11.9 Å². The Bertz CT molecular complexity index is 288. The number of allylic oxidation sites excluding steroid dienone is 1. The van der Waals surface area contributed by atoms with Gasteiger partial charge in [-0.25, -0.2) is 4.79 Å². The van der Waals surface area contributed by atoms with E-state index >= 15 is 0 Å². The van der Waals surface area contributed by atoms with Crippen molar-refractivity contribution in [1.82, 2.24) is 0 Å². The highest BCUT2D eigenvalue weighted by molar-refractivity contribution is 6.04. The van der Waals surface area contributed by atoms with E-state index in [0.717, 1.165) is 0 Å². The van der Waals surface area contributed by atoms with Crippen LogP contribution in [0.3, 0.4) is 0 Å². The van der Waals surface area contributed by atoms with Gasteiger partial charge in [0.15, 0.2) is 0 Å². The highest BCUT2D eigenvalue weighted by Crippen LogP contribution is 2.20. The van der Waals surface area contributed by atoms with Crippen molar-refractivity contribution >= 4 is 17.5 Å². The third-order valence-electron chi connectivity index (χ3n) is 2.45. The number of carbonyl (C=O) groups is 3. The quantitative estimate of drug-likeness (QED) is 0.397. The lowest BCUT2D eigenvalue weighted by Gasteiger charge is -2.17. The smallest absolute Gasteiger partial charge is 0.330 e. The summed E-state index contributed by atoms with van der Waals surface area (Å²) in [6, 6.07) is 0. The molecule has 0 aromatic rings. The van der Waals surface area contributed by atoms with E-state index in [1.54, 1.807) is 0 Å². The van der Waals surface area contributed by atoms with Gasteiger partial charge in [0, 0.05) is 18.9 Å². The summed E-state index contributed by atoms with van der Waals surface area (Å²) in [6.07, 6.45) is 4.69. The number of esters is 1. The van der Waals surface area contributed by atoms with Crippen molar-refractivity contribution in [1.29, 1.82) is 0 Å². The first-order valence-corrected chi connectivity index (χ1v) is 4.95. The highest BCUT2D eigenvalue weighted by Gasteiger charge is 2.28. The van der Waals surface area contributed by atoms with Gasteiger partial charge in [0.25, 0.3) is 0 Å². The average molecular weight is 210 g/mol. The minimum Gasteiger partial charge on any atom is -0.466 e. The summed E-state index contributed by atoms with van der Waals surface area (Å²) in [6.45, 7) is 0. The summed E-state index contributed by atoms with van der Waals surface area (Å²) in [5, 5.41) is 0. The molecule has 1 rings (SSSR count). The van der Waals surface area contributed by atoms with Crippen molar-refractivity contribution in [3.63, 3.8) is 0 Å². The fourth-order valence-corrected chi connectivity index (χ4v) is 1.60. The first kappa shape index (κ1) is 11.6. The molecule has 0 unspecified atom stereocenters. The van der Waals surface area contributed by atoms with Crippen LogP contribution in [0.25, 0.3) is 0 Å². The minimum atomic E-state index is -0.542. The zero-order valence-electron chi connectivity index (χ0n) is 8.69. The number of rotatable bonds is 3. The predicted molar refractivity (Wildman–Crippen MR) is 53.1 cm³/mol. The molecule has 82 valence electrons. The molecule has 0 amide bonds. The Kier molecular flexibility index (Phi) is 4.21. The van der Waals surface area contributed by atoms with Crippen LogP contribution in [0.2, 0.25) is 0 Å². The molecule has 1 aliphatic carbocycles. The summed E-state index contributed by atoms with van der Waals surface area (Å²) in [5.74, 6) is -1.04. The van der Waals surface area contributed by atoms with E-state index in [0.29, 0.717) is 25.7 Å². The van der Waals surface area contributed by atoms with Gasteiger partial charge in [0.2, 0.25) is 0 Å². The summed E-state index contributed by atoms with van der Waals surface area (Å²) < 4.78 is 4.40. The van der Waals surface area contributed by atoms with Crippen LogP contribution < -0.4 is 0 Å². The van der Waals surface area contributed by atoms with Crippen LogP contribution in [0, 0.1) is 5.92 Å². The number of hydrogen-bond acceptors (Lipinski definition) is 4. The van der Waals surface area contributed by atoms with Crippen LogP contribution in [0.5, 0.6) is 0 Å². The largest absolute Gasteiger partial charge is 0.466 e. The number of hydrogen-bond donors (Lipinski definition) is 0. The third kappa shape index (κ3) is 3.31. The van der Waals surface area contributed by atoms with Gasteiger partial charge in [0.05, 0.1) is 13.0 Å². The topological polar surface area (TPSA) is 60.4 Å². The van der Waals surface area contributed by atoms with Gasteiger partial charge in [-0.15, -0.1) is 0 Å². The van der Waals surface area contributed by atoms with Crippen molar-refractivity contribution < 1.29 is 19.1 Å². The number of ether oxygens (including phenoxy) is 1. The molecule has 0 saturated heterocycles. The Morgan fingerprint density at radius 3 is 2.53 bits per heavy atom. The number of methoxy groups -OCH3 is 1. The lowest BCUT2D eigenvalue weighted by molar-refractivity contribution is -0.136. The molecule has 0 aromatic carbocycles. The van der Waals surface area contributed by atoms with E-state index in [-0.39, 0.29) is 11.6 Å². The summed E-state index contributed by atoms with van der Waals surface area (Å²) in [7, 11) is 1.28. The van der Waals surface area contributed by atoms with E-state index in [1.807, 2.05) is 0 Å². The Hall–Kier alpha value is -1.45. The normalized spacial score (nSPS) is 18.5. The SMILES string of the molecule is COC(=O)/C=C/CC1C(=O)CCCC1=O. The second-order valence-corrected chi connectivity index (χ2v) is 3.50. The third-order valence-corrected chi connectivity index (χ3v) is 2.45. The van der Waals surface area contributed by atoms with Crippen molar-refractivity contribution in [3.05, 3.63) is 12.2 Å². The lowest BCUT2D eigenvalue weighted by Crippen LogP contribution is -2.27. The van der Waals surface area contributed by atoms with Gasteiger partial charge in [-0.1, -0.05) is 6.08 Å². The molecule has 0 aliphatic heterocycles. The molecule has 0 radical (unpaired) electrons. The van der Waals surface area contributed by atoms with Crippen LogP contribution in [0.15, 0.2) is 12.2 Å². The van der Waals surface area contributed by atoms with Gasteiger partial charge >= 0.3 is 5.97 Å². The Labute approximate surface area is 88.3 Å². The first-order chi connectivity index (χ1) is 7.15. The zero-order valence-corrected chi connectivity index (χ0v) is 8.69. The van der Waals surface area contributed by atoms with Gasteiger partial charge in [0.1, 0.15) is 11.6 Å². The number of Topliss-reactive ketones (excluding diaryl/α,β-unsaturated/α-hetero) is 2. The number of ketones is 2. The Morgan fingerprint density at radius 1 is 1.40 bits per heavy atom. The maximum Gasteiger partial charge on any atom is 0.330 e. The van der Waals surface area contributed by atoms with E-state index in [2.05, 4.69) is 4.74 Å². The lowest BCUT2D eigenvalue weighted by atomic mass is 9.84. The van der Waals surface area contributed by atoms with Crippen molar-refractivity contribution in [3.8, 4) is 0 Å². The van der Waals surface area contributed by atoms with Crippen LogP contribution in [-0.2, 0) is 19.1 Å². The monoisotopic (exact) mass is 210 g/mol. The maximum atomic E-state index is 11.4.